The van der Waals surface area contributed by atoms with Gasteiger partial charge < -0.3 is 4.74 Å². The Morgan fingerprint density at radius 1 is 1.04 bits per heavy atom. The Balaban J connectivity index is 4.33. The molecular weight excluding hydrogens is 346 g/mol. The van der Waals surface area contributed by atoms with Gasteiger partial charge in [0.2, 0.25) is 0 Å². The molecule has 0 aromatic rings. The number of rotatable bonds is 7. The predicted octanol–water partition coefficient (Wildman–Crippen LogP) is 5.22. The zero-order chi connectivity index (χ0) is 18.5. The van der Waals surface area contributed by atoms with Gasteiger partial charge in [-0.3, -0.25) is 4.79 Å². The molecule has 1 atom stereocenters. The van der Waals surface area contributed by atoms with Crippen LogP contribution in [0.15, 0.2) is 0 Å². The van der Waals surface area contributed by atoms with Crippen molar-refractivity contribution in [1.29, 1.82) is 0 Å². The van der Waals surface area contributed by atoms with Gasteiger partial charge in [-0.2, -0.15) is 38.1 Å². The summed E-state index contributed by atoms with van der Waals surface area (Å²) >= 11 is 1.31. The Morgan fingerprint density at radius 3 is 1.91 bits per heavy atom. The number of carbonyl (C=O) groups is 1. The molecule has 0 aromatic heterocycles. The number of hydrogen-bond donors (Lipinski definition) is 0. The lowest BCUT2D eigenvalue weighted by atomic mass is 9.91. The van der Waals surface area contributed by atoms with E-state index < -0.39 is 30.3 Å². The lowest BCUT2D eigenvalue weighted by Gasteiger charge is -2.24. The van der Waals surface area contributed by atoms with Gasteiger partial charge in [-0.05, 0) is 24.0 Å². The van der Waals surface area contributed by atoms with Crippen molar-refractivity contribution in [2.75, 3.05) is 11.5 Å². The molecule has 0 fully saturated rings. The van der Waals surface area contributed by atoms with Crippen molar-refractivity contribution in [3.05, 3.63) is 0 Å². The monoisotopic (exact) mass is 368 g/mol. The van der Waals surface area contributed by atoms with Crippen molar-refractivity contribution in [3.8, 4) is 0 Å². The average Bonchev–Trinajstić information content (AvgIpc) is 2.30. The van der Waals surface area contributed by atoms with E-state index in [1.807, 2.05) is 0 Å². The van der Waals surface area contributed by atoms with E-state index >= 15 is 0 Å². The highest BCUT2D eigenvalue weighted by Gasteiger charge is 2.60. The number of alkyl halides is 6. The fraction of sp³-hybridized carbons (Fsp3) is 0.929. The summed E-state index contributed by atoms with van der Waals surface area (Å²) in [7, 11) is 0. The molecule has 0 bridgehead atoms. The van der Waals surface area contributed by atoms with E-state index in [-0.39, 0.29) is 11.2 Å². The number of halogens is 6. The van der Waals surface area contributed by atoms with Gasteiger partial charge in [0.05, 0.1) is 5.92 Å². The predicted molar refractivity (Wildman–Crippen MR) is 77.2 cm³/mol. The minimum Gasteiger partial charge on any atom is -0.443 e. The van der Waals surface area contributed by atoms with Gasteiger partial charge in [-0.1, -0.05) is 27.7 Å². The fourth-order valence-electron chi connectivity index (χ4n) is 1.58. The lowest BCUT2D eigenvalue weighted by Crippen LogP contribution is -2.46. The second kappa shape index (κ2) is 8.48. The fourth-order valence-corrected chi connectivity index (χ4v) is 2.59. The Bertz CT molecular complexity index is 359. The van der Waals surface area contributed by atoms with Crippen LogP contribution in [0.5, 0.6) is 0 Å². The molecule has 0 amide bonds. The first kappa shape index (κ1) is 22.4. The van der Waals surface area contributed by atoms with Crippen molar-refractivity contribution >= 4 is 17.7 Å². The van der Waals surface area contributed by atoms with Crippen LogP contribution in [0.2, 0.25) is 0 Å². The van der Waals surface area contributed by atoms with Crippen LogP contribution < -0.4 is 0 Å². The summed E-state index contributed by atoms with van der Waals surface area (Å²) in [5.41, 5.74) is 0.151. The van der Waals surface area contributed by atoms with Gasteiger partial charge in [-0.25, -0.2) is 0 Å². The molecule has 0 spiro atoms. The van der Waals surface area contributed by atoms with Crippen molar-refractivity contribution in [2.45, 2.75) is 59.0 Å². The average molecular weight is 368 g/mol. The third-order valence-corrected chi connectivity index (χ3v) is 4.13. The molecule has 0 radical (unpaired) electrons. The Labute approximate surface area is 136 Å². The summed E-state index contributed by atoms with van der Waals surface area (Å²) in [5, 5.41) is 0. The van der Waals surface area contributed by atoms with Crippen LogP contribution in [0.3, 0.4) is 0 Å². The van der Waals surface area contributed by atoms with E-state index in [1.54, 1.807) is 0 Å². The zero-order valence-electron chi connectivity index (χ0n) is 13.5. The highest BCUT2D eigenvalue weighted by Crippen LogP contribution is 2.36. The number of ether oxygens (including phenoxy) is 1. The molecule has 0 saturated heterocycles. The Hall–Kier alpha value is -0.600. The van der Waals surface area contributed by atoms with Crippen molar-refractivity contribution in [3.63, 3.8) is 0 Å². The molecule has 0 heterocycles. The first-order chi connectivity index (χ1) is 10.1. The van der Waals surface area contributed by atoms with Gasteiger partial charge in [0.25, 0.3) is 6.10 Å². The second-order valence-electron chi connectivity index (χ2n) is 6.54. The highest BCUT2D eigenvalue weighted by atomic mass is 32.2. The van der Waals surface area contributed by atoms with E-state index in [9.17, 15) is 31.1 Å². The molecule has 23 heavy (non-hydrogen) atoms. The third kappa shape index (κ3) is 9.99. The molecule has 2 nitrogen and oxygen atoms in total. The molecule has 0 saturated carbocycles. The SMILES string of the molecule is CC(CSCCCC(C)(C)C)C(=O)OC(C(F)(F)F)C(F)(F)F. The van der Waals surface area contributed by atoms with Crippen molar-refractivity contribution in [2.24, 2.45) is 11.3 Å². The van der Waals surface area contributed by atoms with E-state index in [2.05, 4.69) is 25.5 Å². The number of carbonyl (C=O) groups excluding carboxylic acids is 1. The second-order valence-corrected chi connectivity index (χ2v) is 7.69. The highest BCUT2D eigenvalue weighted by molar-refractivity contribution is 7.99. The molecule has 9 heteroatoms. The Morgan fingerprint density at radius 2 is 1.52 bits per heavy atom. The largest absolute Gasteiger partial charge is 0.443 e. The Kier molecular flexibility index (Phi) is 8.26. The maximum absolute atomic E-state index is 12.3. The molecule has 0 aliphatic carbocycles. The zero-order valence-corrected chi connectivity index (χ0v) is 14.3. The lowest BCUT2D eigenvalue weighted by molar-refractivity contribution is -0.314. The van der Waals surface area contributed by atoms with Crippen LogP contribution in [-0.4, -0.2) is 35.9 Å². The molecule has 0 rings (SSSR count). The molecule has 1 unspecified atom stereocenters. The topological polar surface area (TPSA) is 26.3 Å². The number of thioether (sulfide) groups is 1. The van der Waals surface area contributed by atoms with E-state index in [4.69, 9.17) is 0 Å². The van der Waals surface area contributed by atoms with Gasteiger partial charge in [0.15, 0.2) is 0 Å². The minimum atomic E-state index is -5.67. The van der Waals surface area contributed by atoms with Gasteiger partial charge in [0.1, 0.15) is 0 Å². The summed E-state index contributed by atoms with van der Waals surface area (Å²) in [4.78, 5) is 11.4. The third-order valence-electron chi connectivity index (χ3n) is 2.81. The normalized spacial score (nSPS) is 14.9. The smallest absolute Gasteiger partial charge is 0.434 e. The summed E-state index contributed by atoms with van der Waals surface area (Å²) in [5.74, 6) is -1.74. The van der Waals surface area contributed by atoms with Crippen LogP contribution in [0.25, 0.3) is 0 Å². The molecule has 0 aliphatic rings. The van der Waals surface area contributed by atoms with Gasteiger partial charge in [0, 0.05) is 5.75 Å². The van der Waals surface area contributed by atoms with Crippen LogP contribution in [0.4, 0.5) is 26.3 Å². The molecule has 138 valence electrons. The number of esters is 1. The molecule has 0 N–H and O–H groups in total. The van der Waals surface area contributed by atoms with Gasteiger partial charge >= 0.3 is 18.3 Å². The maximum Gasteiger partial charge on any atom is 0.434 e. The van der Waals surface area contributed by atoms with E-state index in [0.29, 0.717) is 5.75 Å². The number of hydrogen-bond acceptors (Lipinski definition) is 3. The molecular formula is C14H22F6O2S. The summed E-state index contributed by atoms with van der Waals surface area (Å²) < 4.78 is 77.5. The standard InChI is InChI=1S/C14H22F6O2S/c1-9(8-23-7-5-6-12(2,3)4)10(21)22-11(13(15,16)17)14(18,19)20/h9,11H,5-8H2,1-4H3. The maximum atomic E-state index is 12.3. The van der Waals surface area contributed by atoms with Crippen LogP contribution in [-0.2, 0) is 9.53 Å². The van der Waals surface area contributed by atoms with Crippen LogP contribution in [0.1, 0.15) is 40.5 Å². The quantitative estimate of drug-likeness (QED) is 0.350. The van der Waals surface area contributed by atoms with Gasteiger partial charge in [-0.15, -0.1) is 0 Å². The summed E-state index contributed by atoms with van der Waals surface area (Å²) in [6.45, 7) is 7.44. The first-order valence-corrected chi connectivity index (χ1v) is 8.22. The van der Waals surface area contributed by atoms with Crippen molar-refractivity contribution < 1.29 is 35.9 Å². The van der Waals surface area contributed by atoms with Crippen LogP contribution in [0, 0.1) is 11.3 Å². The van der Waals surface area contributed by atoms with Crippen LogP contribution >= 0.6 is 11.8 Å². The van der Waals surface area contributed by atoms with E-state index in [0.717, 1.165) is 12.8 Å². The molecule has 0 aromatic carbocycles. The summed E-state index contributed by atoms with van der Waals surface area (Å²) in [6.07, 6.45) is -13.6. The minimum absolute atomic E-state index is 0.116. The van der Waals surface area contributed by atoms with Crippen molar-refractivity contribution in [1.82, 2.24) is 0 Å². The first-order valence-electron chi connectivity index (χ1n) is 7.06. The summed E-state index contributed by atoms with van der Waals surface area (Å²) in [6, 6.07) is 0. The van der Waals surface area contributed by atoms with E-state index in [1.165, 1.54) is 18.7 Å². The molecule has 0 aliphatic heterocycles.